The molecule has 1 aromatic rings. The number of hydrogen-bond donors (Lipinski definition) is 0. The first kappa shape index (κ1) is 8.44. The van der Waals surface area contributed by atoms with Gasteiger partial charge in [-0.3, -0.25) is 4.68 Å². The Labute approximate surface area is 82.8 Å². The molecule has 14 heavy (non-hydrogen) atoms. The van der Waals surface area contributed by atoms with Crippen LogP contribution in [0.25, 0.3) is 0 Å². The van der Waals surface area contributed by atoms with E-state index in [0.717, 1.165) is 32.5 Å². The summed E-state index contributed by atoms with van der Waals surface area (Å²) in [5.74, 6) is -0.323. The number of ether oxygens (including phenoxy) is 2. The smallest absolute Gasteiger partial charge is 0.172 e. The molecule has 4 heteroatoms. The van der Waals surface area contributed by atoms with Crippen molar-refractivity contribution < 1.29 is 9.47 Å². The molecule has 1 fully saturated rings. The zero-order valence-corrected chi connectivity index (χ0v) is 8.32. The average molecular weight is 194 g/mol. The van der Waals surface area contributed by atoms with E-state index in [0.29, 0.717) is 0 Å². The van der Waals surface area contributed by atoms with Gasteiger partial charge in [-0.15, -0.1) is 0 Å². The predicted octanol–water partition coefficient (Wildman–Crippen LogP) is 0.652. The highest BCUT2D eigenvalue weighted by molar-refractivity contribution is 5.23. The Balaban J connectivity index is 1.93. The van der Waals surface area contributed by atoms with Gasteiger partial charge in [0.15, 0.2) is 5.79 Å². The summed E-state index contributed by atoms with van der Waals surface area (Å²) < 4.78 is 13.3. The maximum Gasteiger partial charge on any atom is 0.172 e. The van der Waals surface area contributed by atoms with Gasteiger partial charge in [0.1, 0.15) is 0 Å². The third-order valence-corrected chi connectivity index (χ3v) is 3.16. The average Bonchev–Trinajstić information content (AvgIpc) is 2.76. The van der Waals surface area contributed by atoms with Crippen molar-refractivity contribution in [1.82, 2.24) is 9.78 Å². The first-order valence-electron chi connectivity index (χ1n) is 5.07. The van der Waals surface area contributed by atoms with Crippen LogP contribution in [0.1, 0.15) is 17.7 Å². The Kier molecular flexibility index (Phi) is 1.69. The van der Waals surface area contributed by atoms with E-state index in [1.165, 1.54) is 11.3 Å². The molecule has 0 N–H and O–H groups in total. The maximum atomic E-state index is 5.69. The molecule has 1 spiro atoms. The number of aromatic nitrogens is 2. The van der Waals surface area contributed by atoms with Gasteiger partial charge in [-0.25, -0.2) is 0 Å². The Bertz CT molecular complexity index is 353. The zero-order chi connectivity index (χ0) is 9.60. The number of fused-ring (bicyclic) bond motifs is 1. The van der Waals surface area contributed by atoms with E-state index in [4.69, 9.17) is 9.47 Å². The van der Waals surface area contributed by atoms with Crippen LogP contribution in [0.5, 0.6) is 0 Å². The van der Waals surface area contributed by atoms with Crippen molar-refractivity contribution in [3.05, 3.63) is 17.5 Å². The molecule has 0 saturated carbocycles. The van der Waals surface area contributed by atoms with Crippen LogP contribution in [0.2, 0.25) is 0 Å². The van der Waals surface area contributed by atoms with E-state index in [-0.39, 0.29) is 5.79 Å². The van der Waals surface area contributed by atoms with Gasteiger partial charge in [0, 0.05) is 25.6 Å². The van der Waals surface area contributed by atoms with Crippen LogP contribution in [0.4, 0.5) is 0 Å². The minimum atomic E-state index is -0.323. The quantitative estimate of drug-likeness (QED) is 0.608. The van der Waals surface area contributed by atoms with E-state index in [2.05, 4.69) is 5.10 Å². The summed E-state index contributed by atoms with van der Waals surface area (Å²) in [5, 5.41) is 4.26. The largest absolute Gasteiger partial charge is 0.347 e. The molecule has 1 aliphatic heterocycles. The van der Waals surface area contributed by atoms with E-state index in [1.54, 1.807) is 0 Å². The van der Waals surface area contributed by atoms with Gasteiger partial charge in [-0.1, -0.05) is 0 Å². The second kappa shape index (κ2) is 2.81. The van der Waals surface area contributed by atoms with Crippen LogP contribution in [0.3, 0.4) is 0 Å². The molecule has 76 valence electrons. The molecule has 2 aliphatic rings. The fourth-order valence-electron chi connectivity index (χ4n) is 2.41. The molecule has 0 bridgehead atoms. The molecule has 2 heterocycles. The maximum absolute atomic E-state index is 5.69. The summed E-state index contributed by atoms with van der Waals surface area (Å²) in [7, 11) is 1.99. The summed E-state index contributed by atoms with van der Waals surface area (Å²) >= 11 is 0. The van der Waals surface area contributed by atoms with Crippen LogP contribution in [0.15, 0.2) is 6.20 Å². The van der Waals surface area contributed by atoms with Gasteiger partial charge >= 0.3 is 0 Å². The number of nitrogens with zero attached hydrogens (tertiary/aromatic N) is 2. The third-order valence-electron chi connectivity index (χ3n) is 3.16. The van der Waals surface area contributed by atoms with Gasteiger partial charge < -0.3 is 9.47 Å². The summed E-state index contributed by atoms with van der Waals surface area (Å²) in [5.41, 5.74) is 2.61. The summed E-state index contributed by atoms with van der Waals surface area (Å²) in [6.45, 7) is 1.46. The molecule has 1 saturated heterocycles. The second-order valence-corrected chi connectivity index (χ2v) is 4.02. The minimum Gasteiger partial charge on any atom is -0.347 e. The van der Waals surface area contributed by atoms with Crippen molar-refractivity contribution in [1.29, 1.82) is 0 Å². The molecule has 4 nitrogen and oxygen atoms in total. The topological polar surface area (TPSA) is 36.3 Å². The molecule has 0 radical (unpaired) electrons. The molecule has 1 aliphatic carbocycles. The van der Waals surface area contributed by atoms with Gasteiger partial charge in [0.25, 0.3) is 0 Å². The van der Waals surface area contributed by atoms with E-state index in [1.807, 2.05) is 17.9 Å². The first-order valence-corrected chi connectivity index (χ1v) is 5.07. The fraction of sp³-hybridized carbons (Fsp3) is 0.700. The van der Waals surface area contributed by atoms with Crippen LogP contribution < -0.4 is 0 Å². The molecular weight excluding hydrogens is 180 g/mol. The normalized spacial score (nSPS) is 24.1. The molecule has 0 unspecified atom stereocenters. The number of hydrogen-bond acceptors (Lipinski definition) is 3. The highest BCUT2D eigenvalue weighted by atomic mass is 16.7. The fourth-order valence-corrected chi connectivity index (χ4v) is 2.41. The van der Waals surface area contributed by atoms with Crippen molar-refractivity contribution in [2.24, 2.45) is 7.05 Å². The lowest BCUT2D eigenvalue weighted by molar-refractivity contribution is -0.164. The van der Waals surface area contributed by atoms with Crippen molar-refractivity contribution >= 4 is 0 Å². The molecule has 0 atom stereocenters. The Morgan fingerprint density at radius 1 is 1.43 bits per heavy atom. The summed E-state index contributed by atoms with van der Waals surface area (Å²) in [6.07, 6.45) is 4.75. The standard InChI is InChI=1S/C10H14N2O2/c1-12-9-2-3-10(13-4-5-14-10)6-8(9)7-11-12/h7H,2-6H2,1H3. The molecule has 1 aromatic heterocycles. The Morgan fingerprint density at radius 2 is 2.21 bits per heavy atom. The molecule has 0 aromatic carbocycles. The van der Waals surface area contributed by atoms with Crippen LogP contribution in [-0.4, -0.2) is 28.8 Å². The monoisotopic (exact) mass is 194 g/mol. The lowest BCUT2D eigenvalue weighted by Gasteiger charge is -2.31. The van der Waals surface area contributed by atoms with E-state index in [9.17, 15) is 0 Å². The van der Waals surface area contributed by atoms with E-state index < -0.39 is 0 Å². The SMILES string of the molecule is Cn1ncc2c1CCC1(C2)OCCO1. The van der Waals surface area contributed by atoms with Crippen LogP contribution in [-0.2, 0) is 29.4 Å². The predicted molar refractivity (Wildman–Crippen MR) is 49.9 cm³/mol. The number of aryl methyl sites for hydroxylation is 1. The Morgan fingerprint density at radius 3 is 3.00 bits per heavy atom. The zero-order valence-electron chi connectivity index (χ0n) is 8.32. The van der Waals surface area contributed by atoms with Crippen molar-refractivity contribution in [3.63, 3.8) is 0 Å². The summed E-state index contributed by atoms with van der Waals surface area (Å²) in [6, 6.07) is 0. The van der Waals surface area contributed by atoms with E-state index >= 15 is 0 Å². The highest BCUT2D eigenvalue weighted by Crippen LogP contribution is 2.34. The first-order chi connectivity index (χ1) is 6.79. The van der Waals surface area contributed by atoms with Gasteiger partial charge in [-0.2, -0.15) is 5.10 Å². The Hall–Kier alpha value is -0.870. The third kappa shape index (κ3) is 1.11. The van der Waals surface area contributed by atoms with Crippen molar-refractivity contribution in [2.75, 3.05) is 13.2 Å². The number of rotatable bonds is 0. The van der Waals surface area contributed by atoms with Crippen molar-refractivity contribution in [3.8, 4) is 0 Å². The van der Waals surface area contributed by atoms with Crippen molar-refractivity contribution in [2.45, 2.75) is 25.0 Å². The van der Waals surface area contributed by atoms with Gasteiger partial charge in [-0.05, 0) is 12.0 Å². The van der Waals surface area contributed by atoms with Crippen LogP contribution in [0, 0.1) is 0 Å². The second-order valence-electron chi connectivity index (χ2n) is 4.02. The molecule has 0 amide bonds. The molecular formula is C10H14N2O2. The van der Waals surface area contributed by atoms with Gasteiger partial charge in [0.05, 0.1) is 19.4 Å². The summed E-state index contributed by atoms with van der Waals surface area (Å²) in [4.78, 5) is 0. The van der Waals surface area contributed by atoms with Crippen LogP contribution >= 0.6 is 0 Å². The molecule has 3 rings (SSSR count). The highest BCUT2D eigenvalue weighted by Gasteiger charge is 2.40. The minimum absolute atomic E-state index is 0.323. The van der Waals surface area contributed by atoms with Gasteiger partial charge in [0.2, 0.25) is 0 Å². The lowest BCUT2D eigenvalue weighted by atomic mass is 9.92. The lowest BCUT2D eigenvalue weighted by Crippen LogP contribution is -2.37.